The second kappa shape index (κ2) is 9.95. The van der Waals surface area contributed by atoms with Crippen LogP contribution in [0, 0.1) is 5.92 Å². The van der Waals surface area contributed by atoms with Crippen LogP contribution in [0.1, 0.15) is 47.8 Å². The molecular weight excluding hydrogens is 444 g/mol. The Morgan fingerprint density at radius 1 is 1.18 bits per heavy atom. The van der Waals surface area contributed by atoms with Crippen molar-refractivity contribution in [2.75, 3.05) is 32.8 Å². The number of pyridine rings is 1. The molecule has 1 saturated heterocycles. The van der Waals surface area contributed by atoms with Gasteiger partial charge >= 0.3 is 6.09 Å². The fraction of sp³-hybridized carbons (Fsp3) is 0.500. The van der Waals surface area contributed by atoms with E-state index in [1.54, 1.807) is 21.9 Å². The number of carbonyl (C=O) groups excluding carboxylic acids is 3. The fourth-order valence-corrected chi connectivity index (χ4v) is 4.95. The summed E-state index contributed by atoms with van der Waals surface area (Å²) in [5.41, 5.74) is 8.52. The molecular formula is C24H29ClN4O4. The van der Waals surface area contributed by atoms with Crippen molar-refractivity contribution in [1.82, 2.24) is 14.8 Å². The van der Waals surface area contributed by atoms with Crippen LogP contribution in [0.3, 0.4) is 0 Å². The van der Waals surface area contributed by atoms with Gasteiger partial charge < -0.3 is 20.3 Å². The van der Waals surface area contributed by atoms with Crippen molar-refractivity contribution in [3.63, 3.8) is 0 Å². The molecule has 8 nitrogen and oxygen atoms in total. The molecule has 1 atom stereocenters. The molecule has 1 aliphatic carbocycles. The number of hydrogen-bond acceptors (Lipinski definition) is 5. The maximum absolute atomic E-state index is 13.1. The minimum atomic E-state index is -0.323. The van der Waals surface area contributed by atoms with Gasteiger partial charge in [0.15, 0.2) is 0 Å². The van der Waals surface area contributed by atoms with E-state index in [1.807, 2.05) is 13.0 Å². The largest absolute Gasteiger partial charge is 0.449 e. The predicted octanol–water partition coefficient (Wildman–Crippen LogP) is 3.17. The van der Waals surface area contributed by atoms with Crippen LogP contribution in [0.15, 0.2) is 18.2 Å². The van der Waals surface area contributed by atoms with Gasteiger partial charge in [-0.15, -0.1) is 0 Å². The van der Waals surface area contributed by atoms with Crippen molar-refractivity contribution in [2.45, 2.75) is 39.0 Å². The first-order valence-electron chi connectivity index (χ1n) is 11.5. The predicted molar refractivity (Wildman–Crippen MR) is 125 cm³/mol. The van der Waals surface area contributed by atoms with Crippen LogP contribution < -0.4 is 5.73 Å². The number of ether oxygens (including phenoxy) is 1. The standard InChI is InChI=1S/C24H29ClN4O4/c1-2-11-33-24(32)29-9-7-28(8-10-29)23(31)16-4-5-17-20(14-16)27-19-6-3-15(13-21(26)30)12-18(19)22(17)25/h4-5,14-15H,2-3,6-13H2,1H3,(H2,26,30). The third-order valence-corrected chi connectivity index (χ3v) is 6.81. The molecule has 1 aliphatic heterocycles. The number of benzene rings is 1. The molecule has 0 radical (unpaired) electrons. The number of nitrogens with zero attached hydrogens (tertiary/aromatic N) is 3. The minimum Gasteiger partial charge on any atom is -0.449 e. The molecule has 3 amide bonds. The second-order valence-electron chi connectivity index (χ2n) is 8.76. The molecule has 0 bridgehead atoms. The Bertz CT molecular complexity index is 1080. The maximum atomic E-state index is 13.1. The third-order valence-electron chi connectivity index (χ3n) is 6.38. The highest BCUT2D eigenvalue weighted by Crippen LogP contribution is 2.36. The lowest BCUT2D eigenvalue weighted by Gasteiger charge is -2.34. The first-order valence-corrected chi connectivity index (χ1v) is 11.9. The summed E-state index contributed by atoms with van der Waals surface area (Å²) in [6.45, 7) is 4.17. The van der Waals surface area contributed by atoms with E-state index < -0.39 is 0 Å². The number of aryl methyl sites for hydroxylation is 1. The van der Waals surface area contributed by atoms with E-state index in [9.17, 15) is 14.4 Å². The quantitative estimate of drug-likeness (QED) is 0.719. The molecule has 1 fully saturated rings. The van der Waals surface area contributed by atoms with Crippen LogP contribution in [-0.4, -0.2) is 65.5 Å². The summed E-state index contributed by atoms with van der Waals surface area (Å²) in [7, 11) is 0. The summed E-state index contributed by atoms with van der Waals surface area (Å²) >= 11 is 6.72. The first-order chi connectivity index (χ1) is 15.9. The Kier molecular flexibility index (Phi) is 7.02. The number of aromatic nitrogens is 1. The number of fused-ring (bicyclic) bond motifs is 2. The molecule has 2 aliphatic rings. The minimum absolute atomic E-state index is 0.0874. The summed E-state index contributed by atoms with van der Waals surface area (Å²) in [5, 5.41) is 1.44. The Morgan fingerprint density at radius 2 is 1.91 bits per heavy atom. The van der Waals surface area contributed by atoms with Gasteiger partial charge in [0.2, 0.25) is 5.91 Å². The summed E-state index contributed by atoms with van der Waals surface area (Å²) in [5.74, 6) is -0.198. The summed E-state index contributed by atoms with van der Waals surface area (Å²) in [4.78, 5) is 44.6. The third kappa shape index (κ3) is 5.05. The van der Waals surface area contributed by atoms with Gasteiger partial charge in [0.25, 0.3) is 5.91 Å². The van der Waals surface area contributed by atoms with Gasteiger partial charge in [-0.3, -0.25) is 14.6 Å². The Balaban J connectivity index is 1.48. The number of primary amides is 1. The number of hydrogen-bond donors (Lipinski definition) is 1. The zero-order chi connectivity index (χ0) is 23.5. The zero-order valence-corrected chi connectivity index (χ0v) is 19.6. The van der Waals surface area contributed by atoms with Gasteiger partial charge in [-0.05, 0) is 49.3 Å². The monoisotopic (exact) mass is 472 g/mol. The molecule has 2 heterocycles. The van der Waals surface area contributed by atoms with Crippen LogP contribution in [-0.2, 0) is 22.4 Å². The van der Waals surface area contributed by atoms with Crippen molar-refractivity contribution in [1.29, 1.82) is 0 Å². The van der Waals surface area contributed by atoms with Gasteiger partial charge in [-0.2, -0.15) is 0 Å². The van der Waals surface area contributed by atoms with E-state index in [1.165, 1.54) is 0 Å². The van der Waals surface area contributed by atoms with E-state index in [4.69, 9.17) is 27.1 Å². The van der Waals surface area contributed by atoms with E-state index >= 15 is 0 Å². The van der Waals surface area contributed by atoms with Gasteiger partial charge in [-0.25, -0.2) is 4.79 Å². The normalized spacial score (nSPS) is 18.2. The lowest BCUT2D eigenvalue weighted by atomic mass is 9.84. The van der Waals surface area contributed by atoms with Crippen molar-refractivity contribution in [3.8, 4) is 0 Å². The fourth-order valence-electron chi connectivity index (χ4n) is 4.60. The molecule has 1 unspecified atom stereocenters. The molecule has 1 aromatic carbocycles. The van der Waals surface area contributed by atoms with E-state index in [0.29, 0.717) is 61.7 Å². The van der Waals surface area contributed by atoms with Crippen LogP contribution in [0.25, 0.3) is 10.9 Å². The number of amides is 3. The number of piperazine rings is 1. The molecule has 176 valence electrons. The van der Waals surface area contributed by atoms with E-state index in [2.05, 4.69) is 0 Å². The van der Waals surface area contributed by atoms with E-state index in [-0.39, 0.29) is 23.8 Å². The number of carbonyl (C=O) groups is 3. The number of rotatable bonds is 5. The van der Waals surface area contributed by atoms with Crippen molar-refractivity contribution in [2.24, 2.45) is 11.7 Å². The van der Waals surface area contributed by atoms with Gasteiger partial charge in [0.05, 0.1) is 17.1 Å². The highest BCUT2D eigenvalue weighted by molar-refractivity contribution is 6.36. The second-order valence-corrected chi connectivity index (χ2v) is 9.13. The molecule has 0 spiro atoms. The van der Waals surface area contributed by atoms with Crippen molar-refractivity contribution >= 4 is 40.4 Å². The Labute approximate surface area is 198 Å². The van der Waals surface area contributed by atoms with Crippen LogP contribution in [0.2, 0.25) is 5.02 Å². The first kappa shape index (κ1) is 23.3. The van der Waals surface area contributed by atoms with E-state index in [0.717, 1.165) is 35.9 Å². The molecule has 2 N–H and O–H groups in total. The molecule has 0 saturated carbocycles. The molecule has 33 heavy (non-hydrogen) atoms. The van der Waals surface area contributed by atoms with Gasteiger partial charge in [-0.1, -0.05) is 24.6 Å². The molecule has 9 heteroatoms. The van der Waals surface area contributed by atoms with Crippen LogP contribution in [0.5, 0.6) is 0 Å². The average Bonchev–Trinajstić information content (AvgIpc) is 2.82. The highest BCUT2D eigenvalue weighted by atomic mass is 35.5. The lowest BCUT2D eigenvalue weighted by molar-refractivity contribution is -0.119. The number of halogens is 1. The smallest absolute Gasteiger partial charge is 0.409 e. The maximum Gasteiger partial charge on any atom is 0.409 e. The summed E-state index contributed by atoms with van der Waals surface area (Å²) < 4.78 is 5.18. The summed E-state index contributed by atoms with van der Waals surface area (Å²) in [6.07, 6.45) is 3.07. The Morgan fingerprint density at radius 3 is 2.61 bits per heavy atom. The zero-order valence-electron chi connectivity index (χ0n) is 18.8. The molecule has 4 rings (SSSR count). The van der Waals surface area contributed by atoms with Gasteiger partial charge in [0.1, 0.15) is 0 Å². The SMILES string of the molecule is CCCOC(=O)N1CCN(C(=O)c2ccc3c(Cl)c4c(nc3c2)CCC(CC(N)=O)C4)CC1. The van der Waals surface area contributed by atoms with Crippen molar-refractivity contribution < 1.29 is 19.1 Å². The topological polar surface area (TPSA) is 106 Å². The highest BCUT2D eigenvalue weighted by Gasteiger charge is 2.27. The molecule has 2 aromatic rings. The number of nitrogens with two attached hydrogens (primary N) is 1. The molecule has 1 aromatic heterocycles. The lowest BCUT2D eigenvalue weighted by Crippen LogP contribution is -2.50. The van der Waals surface area contributed by atoms with Crippen LogP contribution >= 0.6 is 11.6 Å². The Hall–Kier alpha value is -2.87. The van der Waals surface area contributed by atoms with Crippen LogP contribution in [0.4, 0.5) is 4.79 Å². The average molecular weight is 473 g/mol. The van der Waals surface area contributed by atoms with Gasteiger partial charge in [0, 0.05) is 49.2 Å². The van der Waals surface area contributed by atoms with Crippen molar-refractivity contribution in [3.05, 3.63) is 40.0 Å². The summed E-state index contributed by atoms with van der Waals surface area (Å²) in [6, 6.07) is 5.41.